The Morgan fingerprint density at radius 3 is 2.71 bits per heavy atom. The van der Waals surface area contributed by atoms with Gasteiger partial charge in [-0.05, 0) is 24.6 Å². The lowest BCUT2D eigenvalue weighted by Gasteiger charge is -2.10. The van der Waals surface area contributed by atoms with E-state index in [9.17, 15) is 9.59 Å². The molecule has 7 heteroatoms. The number of nitrogens with zero attached hydrogens (tertiary/aromatic N) is 2. The Labute approximate surface area is 121 Å². The van der Waals surface area contributed by atoms with Gasteiger partial charge in [-0.2, -0.15) is 5.10 Å². The summed E-state index contributed by atoms with van der Waals surface area (Å²) in [6.45, 7) is 1.87. The van der Waals surface area contributed by atoms with Gasteiger partial charge in [-0.25, -0.2) is 4.79 Å². The Kier molecular flexibility index (Phi) is 3.93. The van der Waals surface area contributed by atoms with Gasteiger partial charge in [-0.1, -0.05) is 6.07 Å². The molecule has 0 atom stereocenters. The molecular weight excluding hydrogens is 274 g/mol. The van der Waals surface area contributed by atoms with Crippen molar-refractivity contribution in [2.75, 3.05) is 12.4 Å². The largest absolute Gasteiger partial charge is 0.495 e. The quantitative estimate of drug-likeness (QED) is 0.893. The van der Waals surface area contributed by atoms with Crippen molar-refractivity contribution >= 4 is 17.6 Å². The van der Waals surface area contributed by atoms with Crippen LogP contribution in [0.1, 0.15) is 26.4 Å². The van der Waals surface area contributed by atoms with Crippen LogP contribution in [0.25, 0.3) is 0 Å². The van der Waals surface area contributed by atoms with Gasteiger partial charge >= 0.3 is 5.97 Å². The number of aromatic nitrogens is 2. The Morgan fingerprint density at radius 2 is 2.10 bits per heavy atom. The number of nitrogens with one attached hydrogen (secondary N) is 1. The second kappa shape index (κ2) is 5.66. The maximum Gasteiger partial charge on any atom is 0.339 e. The molecule has 2 aromatic rings. The third-order valence-corrected chi connectivity index (χ3v) is 2.88. The van der Waals surface area contributed by atoms with Crippen molar-refractivity contribution in [3.63, 3.8) is 0 Å². The van der Waals surface area contributed by atoms with E-state index in [-0.39, 0.29) is 11.3 Å². The minimum Gasteiger partial charge on any atom is -0.495 e. The van der Waals surface area contributed by atoms with E-state index in [1.54, 1.807) is 19.2 Å². The first-order valence-electron chi connectivity index (χ1n) is 6.15. The lowest BCUT2D eigenvalue weighted by atomic mass is 10.2. The summed E-state index contributed by atoms with van der Waals surface area (Å²) in [7, 11) is 3.04. The Bertz CT molecular complexity index is 706. The minimum atomic E-state index is -1.20. The number of benzene rings is 1. The number of hydrogen-bond donors (Lipinski definition) is 2. The van der Waals surface area contributed by atoms with Crippen LogP contribution in [-0.2, 0) is 7.05 Å². The summed E-state index contributed by atoms with van der Waals surface area (Å²) in [5, 5.41) is 15.6. The van der Waals surface area contributed by atoms with Crippen molar-refractivity contribution in [1.29, 1.82) is 0 Å². The third-order valence-electron chi connectivity index (χ3n) is 2.88. The fourth-order valence-corrected chi connectivity index (χ4v) is 1.91. The second-order valence-corrected chi connectivity index (χ2v) is 4.53. The zero-order valence-corrected chi connectivity index (χ0v) is 11.9. The predicted octanol–water partition coefficient (Wildman–Crippen LogP) is 1.69. The Balaban J connectivity index is 2.34. The number of aromatic carboxylic acids is 1. The number of anilines is 1. The topological polar surface area (TPSA) is 93.5 Å². The highest BCUT2D eigenvalue weighted by atomic mass is 16.5. The molecule has 0 fully saturated rings. The smallest absolute Gasteiger partial charge is 0.339 e. The van der Waals surface area contributed by atoms with Gasteiger partial charge in [0.05, 0.1) is 12.8 Å². The summed E-state index contributed by atoms with van der Waals surface area (Å²) in [6.07, 6.45) is 1.28. The standard InChI is InChI=1S/C14H15N3O4/c1-8-4-5-11(21-3)10(6-8)15-13(18)12-9(14(19)20)7-17(2)16-12/h4-7H,1-3H3,(H,15,18)(H,19,20). The SMILES string of the molecule is COc1ccc(C)cc1NC(=O)c1nn(C)cc1C(=O)O. The predicted molar refractivity (Wildman–Crippen MR) is 75.9 cm³/mol. The second-order valence-electron chi connectivity index (χ2n) is 4.53. The van der Waals surface area contributed by atoms with Crippen LogP contribution in [0.15, 0.2) is 24.4 Å². The fourth-order valence-electron chi connectivity index (χ4n) is 1.91. The molecule has 2 N–H and O–H groups in total. The summed E-state index contributed by atoms with van der Waals surface area (Å²) in [5.41, 5.74) is 1.10. The average Bonchev–Trinajstić information content (AvgIpc) is 2.81. The number of carboxylic acids is 1. The molecule has 0 saturated heterocycles. The van der Waals surface area contributed by atoms with Crippen LogP contribution in [0.4, 0.5) is 5.69 Å². The number of amides is 1. The van der Waals surface area contributed by atoms with Crippen molar-refractivity contribution < 1.29 is 19.4 Å². The van der Waals surface area contributed by atoms with E-state index in [0.717, 1.165) is 5.56 Å². The van der Waals surface area contributed by atoms with Crippen molar-refractivity contribution in [2.45, 2.75) is 6.92 Å². The molecule has 0 saturated carbocycles. The molecule has 0 aliphatic heterocycles. The molecule has 21 heavy (non-hydrogen) atoms. The number of rotatable bonds is 4. The van der Waals surface area contributed by atoms with Crippen molar-refractivity contribution in [3.8, 4) is 5.75 Å². The van der Waals surface area contributed by atoms with E-state index in [4.69, 9.17) is 9.84 Å². The van der Waals surface area contributed by atoms with Gasteiger partial charge in [-0.15, -0.1) is 0 Å². The fraction of sp³-hybridized carbons (Fsp3) is 0.214. The van der Waals surface area contributed by atoms with Gasteiger partial charge in [0, 0.05) is 13.2 Å². The average molecular weight is 289 g/mol. The molecule has 1 heterocycles. The van der Waals surface area contributed by atoms with Gasteiger partial charge < -0.3 is 15.2 Å². The van der Waals surface area contributed by atoms with Gasteiger partial charge in [0.2, 0.25) is 0 Å². The van der Waals surface area contributed by atoms with Crippen LogP contribution >= 0.6 is 0 Å². The number of aryl methyl sites for hydroxylation is 2. The molecule has 0 radical (unpaired) electrons. The summed E-state index contributed by atoms with van der Waals surface area (Å²) < 4.78 is 6.45. The highest BCUT2D eigenvalue weighted by Crippen LogP contribution is 2.25. The van der Waals surface area contributed by atoms with E-state index in [1.165, 1.54) is 18.0 Å². The van der Waals surface area contributed by atoms with Crippen LogP contribution in [0.3, 0.4) is 0 Å². The number of methoxy groups -OCH3 is 1. The number of carbonyl (C=O) groups is 2. The molecule has 7 nitrogen and oxygen atoms in total. The molecule has 0 aliphatic carbocycles. The Morgan fingerprint density at radius 1 is 1.38 bits per heavy atom. The normalized spacial score (nSPS) is 10.2. The molecule has 0 bridgehead atoms. The van der Waals surface area contributed by atoms with Crippen LogP contribution in [0, 0.1) is 6.92 Å². The molecule has 110 valence electrons. The van der Waals surface area contributed by atoms with Gasteiger partial charge in [-0.3, -0.25) is 9.48 Å². The lowest BCUT2D eigenvalue weighted by Crippen LogP contribution is -2.17. The van der Waals surface area contributed by atoms with Crippen molar-refractivity contribution in [1.82, 2.24) is 9.78 Å². The maximum absolute atomic E-state index is 12.2. The van der Waals surface area contributed by atoms with E-state index >= 15 is 0 Å². The summed E-state index contributed by atoms with van der Waals surface area (Å²) in [6, 6.07) is 5.31. The molecule has 2 rings (SSSR count). The first-order chi connectivity index (χ1) is 9.92. The minimum absolute atomic E-state index is 0.145. The number of carboxylic acid groups (broad SMARTS) is 1. The molecule has 0 spiro atoms. The molecular formula is C14H15N3O4. The van der Waals surface area contributed by atoms with Crippen molar-refractivity contribution in [3.05, 3.63) is 41.2 Å². The van der Waals surface area contributed by atoms with Crippen LogP contribution in [0.2, 0.25) is 0 Å². The van der Waals surface area contributed by atoms with Crippen LogP contribution in [0.5, 0.6) is 5.75 Å². The molecule has 1 aromatic heterocycles. The monoisotopic (exact) mass is 289 g/mol. The molecule has 1 aromatic carbocycles. The van der Waals surface area contributed by atoms with Gasteiger partial charge in [0.15, 0.2) is 5.69 Å². The molecule has 0 aliphatic rings. The van der Waals surface area contributed by atoms with Crippen LogP contribution in [-0.4, -0.2) is 33.9 Å². The number of carbonyl (C=O) groups excluding carboxylic acids is 1. The zero-order valence-electron chi connectivity index (χ0n) is 11.9. The van der Waals surface area contributed by atoms with Gasteiger partial charge in [0.25, 0.3) is 5.91 Å². The third kappa shape index (κ3) is 3.02. The maximum atomic E-state index is 12.2. The first kappa shape index (κ1) is 14.6. The lowest BCUT2D eigenvalue weighted by molar-refractivity contribution is 0.0692. The molecule has 0 unspecified atom stereocenters. The Hall–Kier alpha value is -2.83. The van der Waals surface area contributed by atoms with Crippen molar-refractivity contribution in [2.24, 2.45) is 7.05 Å². The van der Waals surface area contributed by atoms with E-state index in [0.29, 0.717) is 11.4 Å². The number of hydrogen-bond acceptors (Lipinski definition) is 4. The molecule has 1 amide bonds. The van der Waals surface area contributed by atoms with Gasteiger partial charge in [0.1, 0.15) is 11.3 Å². The first-order valence-corrected chi connectivity index (χ1v) is 6.15. The highest BCUT2D eigenvalue weighted by Gasteiger charge is 2.21. The summed E-state index contributed by atoms with van der Waals surface area (Å²) in [4.78, 5) is 23.3. The zero-order chi connectivity index (χ0) is 15.6. The summed E-state index contributed by atoms with van der Waals surface area (Å²) in [5.74, 6) is -1.32. The van der Waals surface area contributed by atoms with Crippen LogP contribution < -0.4 is 10.1 Å². The number of ether oxygens (including phenoxy) is 1. The van der Waals surface area contributed by atoms with E-state index in [2.05, 4.69) is 10.4 Å². The van der Waals surface area contributed by atoms with E-state index < -0.39 is 11.9 Å². The summed E-state index contributed by atoms with van der Waals surface area (Å²) >= 11 is 0. The highest BCUT2D eigenvalue weighted by molar-refractivity contribution is 6.09. The van der Waals surface area contributed by atoms with E-state index in [1.807, 2.05) is 13.0 Å².